The normalized spacial score (nSPS) is 45.2. The van der Waals surface area contributed by atoms with Crippen LogP contribution < -0.4 is 0 Å². The van der Waals surface area contributed by atoms with Gasteiger partial charge in [0.05, 0.1) is 35.1 Å². The molecule has 4 aliphatic rings. The summed E-state index contributed by atoms with van der Waals surface area (Å²) in [5, 5.41) is 43.7. The van der Waals surface area contributed by atoms with Crippen molar-refractivity contribution >= 4 is 5.78 Å². The standard InChI is InChI=1S/C29H48O7/c1-25(2,33)11-10-24(35-6)28(5,36-7)23-9-13-29(34)18-14-20(30)19-15-21(31)22(32)16-26(19,3)17(18)8-12-27(23,29)4/h14,17,19,21-24,31-34H,8-13,15-16H2,1-7H3. The van der Waals surface area contributed by atoms with Gasteiger partial charge in [0.2, 0.25) is 0 Å². The predicted molar refractivity (Wildman–Crippen MR) is 136 cm³/mol. The highest BCUT2D eigenvalue weighted by molar-refractivity contribution is 5.95. The lowest BCUT2D eigenvalue weighted by molar-refractivity contribution is -0.192. The highest BCUT2D eigenvalue weighted by Gasteiger charge is 2.69. The van der Waals surface area contributed by atoms with Crippen LogP contribution in [0, 0.1) is 28.6 Å². The molecule has 0 aromatic rings. The second-order valence-corrected chi connectivity index (χ2v) is 13.6. The molecule has 7 nitrogen and oxygen atoms in total. The maximum Gasteiger partial charge on any atom is 0.159 e. The Labute approximate surface area is 216 Å². The Balaban J connectivity index is 1.70. The average Bonchev–Trinajstić information content (AvgIpc) is 3.07. The van der Waals surface area contributed by atoms with E-state index in [0.717, 1.165) is 24.8 Å². The van der Waals surface area contributed by atoms with Gasteiger partial charge in [-0.1, -0.05) is 13.8 Å². The van der Waals surface area contributed by atoms with Crippen molar-refractivity contribution in [2.75, 3.05) is 14.2 Å². The Morgan fingerprint density at radius 1 is 1.08 bits per heavy atom. The lowest BCUT2D eigenvalue weighted by Crippen LogP contribution is -2.63. The summed E-state index contributed by atoms with van der Waals surface area (Å²) >= 11 is 0. The van der Waals surface area contributed by atoms with Gasteiger partial charge in [-0.25, -0.2) is 0 Å². The number of hydrogen-bond donors (Lipinski definition) is 4. The van der Waals surface area contributed by atoms with E-state index in [-0.39, 0.29) is 36.1 Å². The van der Waals surface area contributed by atoms with E-state index < -0.39 is 39.8 Å². The Morgan fingerprint density at radius 2 is 1.75 bits per heavy atom. The van der Waals surface area contributed by atoms with E-state index in [4.69, 9.17) is 9.47 Å². The zero-order valence-electron chi connectivity index (χ0n) is 23.2. The van der Waals surface area contributed by atoms with Gasteiger partial charge in [0.1, 0.15) is 0 Å². The molecule has 10 unspecified atom stereocenters. The molecule has 4 rings (SSSR count). The Hall–Kier alpha value is -0.830. The van der Waals surface area contributed by atoms with Crippen LogP contribution in [0.1, 0.15) is 86.0 Å². The van der Waals surface area contributed by atoms with Crippen molar-refractivity contribution in [3.63, 3.8) is 0 Å². The van der Waals surface area contributed by atoms with Gasteiger partial charge >= 0.3 is 0 Å². The van der Waals surface area contributed by atoms with Gasteiger partial charge in [-0.3, -0.25) is 4.79 Å². The van der Waals surface area contributed by atoms with Crippen LogP contribution in [0.25, 0.3) is 0 Å². The molecule has 0 aromatic heterocycles. The largest absolute Gasteiger partial charge is 0.390 e. The summed E-state index contributed by atoms with van der Waals surface area (Å²) in [6.45, 7) is 9.86. The number of aliphatic hydroxyl groups excluding tert-OH is 2. The summed E-state index contributed by atoms with van der Waals surface area (Å²) in [4.78, 5) is 13.4. The summed E-state index contributed by atoms with van der Waals surface area (Å²) in [7, 11) is 3.38. The van der Waals surface area contributed by atoms with Crippen molar-refractivity contribution in [2.45, 2.75) is 121 Å². The first kappa shape index (κ1) is 28.2. The van der Waals surface area contributed by atoms with E-state index >= 15 is 0 Å². The number of ketones is 1. The minimum Gasteiger partial charge on any atom is -0.390 e. The number of fused-ring (bicyclic) bond motifs is 5. The number of carbonyl (C=O) groups is 1. The molecule has 4 N–H and O–H groups in total. The van der Waals surface area contributed by atoms with Crippen molar-refractivity contribution in [3.8, 4) is 0 Å². The molecule has 7 heteroatoms. The first-order valence-electron chi connectivity index (χ1n) is 13.7. The number of carbonyl (C=O) groups excluding carboxylic acids is 1. The number of rotatable bonds is 7. The number of ether oxygens (including phenoxy) is 2. The lowest BCUT2D eigenvalue weighted by atomic mass is 9.45. The van der Waals surface area contributed by atoms with Crippen LogP contribution in [0.3, 0.4) is 0 Å². The Kier molecular flexibility index (Phi) is 7.15. The summed E-state index contributed by atoms with van der Waals surface area (Å²) in [6.07, 6.45) is 4.36. The molecule has 0 saturated heterocycles. The second kappa shape index (κ2) is 9.13. The number of methoxy groups -OCH3 is 2. The Bertz CT molecular complexity index is 895. The van der Waals surface area contributed by atoms with Crippen molar-refractivity contribution < 1.29 is 34.7 Å². The third-order valence-electron chi connectivity index (χ3n) is 11.2. The van der Waals surface area contributed by atoms with Crippen molar-refractivity contribution in [2.24, 2.45) is 28.6 Å². The van der Waals surface area contributed by atoms with E-state index in [0.29, 0.717) is 25.7 Å². The second-order valence-electron chi connectivity index (χ2n) is 13.6. The monoisotopic (exact) mass is 508 g/mol. The van der Waals surface area contributed by atoms with Crippen LogP contribution in [0.4, 0.5) is 0 Å². The molecule has 10 atom stereocenters. The zero-order chi connectivity index (χ0) is 26.9. The minimum atomic E-state index is -1.15. The smallest absolute Gasteiger partial charge is 0.159 e. The number of hydrogen-bond acceptors (Lipinski definition) is 7. The average molecular weight is 509 g/mol. The molecule has 0 spiro atoms. The fraction of sp³-hybridized carbons (Fsp3) is 0.897. The summed E-state index contributed by atoms with van der Waals surface area (Å²) in [5.41, 5.74) is -2.86. The number of aliphatic hydroxyl groups is 4. The van der Waals surface area contributed by atoms with E-state index in [1.165, 1.54) is 0 Å². The van der Waals surface area contributed by atoms with Crippen LogP contribution in [0.2, 0.25) is 0 Å². The first-order valence-corrected chi connectivity index (χ1v) is 13.7. The van der Waals surface area contributed by atoms with Crippen molar-refractivity contribution in [1.29, 1.82) is 0 Å². The van der Waals surface area contributed by atoms with Crippen LogP contribution >= 0.6 is 0 Å². The van der Waals surface area contributed by atoms with Gasteiger partial charge in [0, 0.05) is 25.6 Å². The molecule has 0 amide bonds. The number of allylic oxidation sites excluding steroid dienone is 1. The third-order valence-corrected chi connectivity index (χ3v) is 11.2. The maximum atomic E-state index is 13.4. The molecule has 36 heavy (non-hydrogen) atoms. The molecule has 0 heterocycles. The molecule has 3 fully saturated rings. The first-order chi connectivity index (χ1) is 16.6. The van der Waals surface area contributed by atoms with E-state index in [2.05, 4.69) is 20.8 Å². The fourth-order valence-corrected chi connectivity index (χ4v) is 8.91. The molecule has 0 radical (unpaired) electrons. The van der Waals surface area contributed by atoms with Crippen LogP contribution in [-0.2, 0) is 14.3 Å². The maximum absolute atomic E-state index is 13.4. The van der Waals surface area contributed by atoms with E-state index in [1.54, 1.807) is 34.1 Å². The zero-order valence-corrected chi connectivity index (χ0v) is 23.2. The van der Waals surface area contributed by atoms with Crippen LogP contribution in [0.15, 0.2) is 11.6 Å². The van der Waals surface area contributed by atoms with Gasteiger partial charge in [0.15, 0.2) is 5.78 Å². The third kappa shape index (κ3) is 4.04. The fourth-order valence-electron chi connectivity index (χ4n) is 8.91. The minimum absolute atomic E-state index is 0.0126. The lowest BCUT2D eigenvalue weighted by Gasteiger charge is -2.61. The summed E-state index contributed by atoms with van der Waals surface area (Å²) < 4.78 is 12.2. The molecule has 0 aromatic carbocycles. The van der Waals surface area contributed by atoms with Gasteiger partial charge in [-0.2, -0.15) is 0 Å². The molecule has 4 aliphatic carbocycles. The Morgan fingerprint density at radius 3 is 2.33 bits per heavy atom. The molecular weight excluding hydrogens is 460 g/mol. The van der Waals surface area contributed by atoms with Crippen molar-refractivity contribution in [3.05, 3.63) is 11.6 Å². The van der Waals surface area contributed by atoms with E-state index in [9.17, 15) is 25.2 Å². The summed E-state index contributed by atoms with van der Waals surface area (Å²) in [6, 6.07) is 0. The molecule has 206 valence electrons. The van der Waals surface area contributed by atoms with Gasteiger partial charge in [-0.05, 0) is 101 Å². The quantitative estimate of drug-likeness (QED) is 0.417. The van der Waals surface area contributed by atoms with Gasteiger partial charge < -0.3 is 29.9 Å². The SMILES string of the molecule is COC(CCC(C)(C)O)C(C)(OC)C1CCC2(O)C3=CC(=O)C4CC(O)C(O)CC4(C)C3CCC12C. The molecule has 3 saturated carbocycles. The van der Waals surface area contributed by atoms with Crippen LogP contribution in [0.5, 0.6) is 0 Å². The molecule has 0 aliphatic heterocycles. The van der Waals surface area contributed by atoms with Crippen molar-refractivity contribution in [1.82, 2.24) is 0 Å². The van der Waals surface area contributed by atoms with Crippen LogP contribution in [-0.4, -0.2) is 75.5 Å². The molecule has 0 bridgehead atoms. The predicted octanol–water partition coefficient (Wildman–Crippen LogP) is 3.16. The highest BCUT2D eigenvalue weighted by atomic mass is 16.5. The topological polar surface area (TPSA) is 116 Å². The van der Waals surface area contributed by atoms with E-state index in [1.807, 2.05) is 0 Å². The van der Waals surface area contributed by atoms with Gasteiger partial charge in [0.25, 0.3) is 0 Å². The summed E-state index contributed by atoms with van der Waals surface area (Å²) in [5.74, 6) is -0.404. The highest BCUT2D eigenvalue weighted by Crippen LogP contribution is 2.69. The van der Waals surface area contributed by atoms with Gasteiger partial charge in [-0.15, -0.1) is 0 Å². The molecular formula is C29H48O7.